The van der Waals surface area contributed by atoms with E-state index in [2.05, 4.69) is 34.0 Å². The SMILES string of the molecule is CC(C)Cc1ncc(CN2CC(n3cc(C(N)=O)nn3)C2)s1. The summed E-state index contributed by atoms with van der Waals surface area (Å²) in [6.45, 7) is 7.14. The van der Waals surface area contributed by atoms with Crippen molar-refractivity contribution < 1.29 is 4.79 Å². The number of likely N-dealkylation sites (tertiary alicyclic amines) is 1. The lowest BCUT2D eigenvalue weighted by molar-refractivity contribution is 0.0906. The van der Waals surface area contributed by atoms with Gasteiger partial charge < -0.3 is 5.73 Å². The molecule has 0 radical (unpaired) electrons. The molecule has 0 saturated carbocycles. The maximum absolute atomic E-state index is 11.0. The molecular formula is C14H20N6OS. The Kier molecular flexibility index (Phi) is 4.21. The van der Waals surface area contributed by atoms with Crippen molar-refractivity contribution in [2.75, 3.05) is 13.1 Å². The van der Waals surface area contributed by atoms with Crippen LogP contribution in [-0.2, 0) is 13.0 Å². The summed E-state index contributed by atoms with van der Waals surface area (Å²) >= 11 is 1.80. The molecule has 0 atom stereocenters. The van der Waals surface area contributed by atoms with Gasteiger partial charge >= 0.3 is 0 Å². The van der Waals surface area contributed by atoms with Gasteiger partial charge in [0.05, 0.1) is 17.2 Å². The standard InChI is InChI=1S/C14H20N6OS/c1-9(2)3-13-16-4-11(22-13)7-19-5-10(6-19)20-8-12(14(15)21)17-18-20/h4,8-10H,3,5-7H2,1-2H3,(H2,15,21). The molecule has 118 valence electrons. The van der Waals surface area contributed by atoms with Crippen LogP contribution in [0.25, 0.3) is 0 Å². The molecule has 0 unspecified atom stereocenters. The number of carbonyl (C=O) groups excluding carboxylic acids is 1. The highest BCUT2D eigenvalue weighted by Gasteiger charge is 2.29. The zero-order valence-corrected chi connectivity index (χ0v) is 13.6. The van der Waals surface area contributed by atoms with E-state index >= 15 is 0 Å². The minimum Gasteiger partial charge on any atom is -0.364 e. The summed E-state index contributed by atoms with van der Waals surface area (Å²) in [5, 5.41) is 8.95. The van der Waals surface area contributed by atoms with Crippen LogP contribution in [0.5, 0.6) is 0 Å². The van der Waals surface area contributed by atoms with Crippen molar-refractivity contribution in [2.45, 2.75) is 32.9 Å². The Morgan fingerprint density at radius 1 is 1.50 bits per heavy atom. The van der Waals surface area contributed by atoms with Crippen molar-refractivity contribution in [3.05, 3.63) is 28.0 Å². The van der Waals surface area contributed by atoms with E-state index in [4.69, 9.17) is 5.73 Å². The molecule has 22 heavy (non-hydrogen) atoms. The molecule has 3 heterocycles. The minimum atomic E-state index is -0.537. The number of amides is 1. The molecule has 0 aromatic carbocycles. The molecule has 7 nitrogen and oxygen atoms in total. The normalized spacial score (nSPS) is 16.1. The van der Waals surface area contributed by atoms with Crippen LogP contribution >= 0.6 is 11.3 Å². The van der Waals surface area contributed by atoms with Crippen LogP contribution in [-0.4, -0.2) is 43.9 Å². The maximum atomic E-state index is 11.0. The van der Waals surface area contributed by atoms with E-state index in [1.165, 1.54) is 9.88 Å². The second-order valence-corrected chi connectivity index (χ2v) is 7.31. The van der Waals surface area contributed by atoms with Crippen LogP contribution in [0.2, 0.25) is 0 Å². The Labute approximate surface area is 133 Å². The summed E-state index contributed by atoms with van der Waals surface area (Å²) in [6, 6.07) is 0.267. The van der Waals surface area contributed by atoms with E-state index in [9.17, 15) is 4.79 Å². The predicted molar refractivity (Wildman–Crippen MR) is 83.5 cm³/mol. The first kappa shape index (κ1) is 15.1. The van der Waals surface area contributed by atoms with Gasteiger partial charge in [0.15, 0.2) is 5.69 Å². The third-order valence-electron chi connectivity index (χ3n) is 3.64. The fourth-order valence-electron chi connectivity index (χ4n) is 2.49. The van der Waals surface area contributed by atoms with Gasteiger partial charge in [-0.3, -0.25) is 9.69 Å². The number of hydrogen-bond acceptors (Lipinski definition) is 6. The van der Waals surface area contributed by atoms with Crippen molar-refractivity contribution in [3.63, 3.8) is 0 Å². The van der Waals surface area contributed by atoms with Crippen molar-refractivity contribution in [3.8, 4) is 0 Å². The number of carbonyl (C=O) groups is 1. The van der Waals surface area contributed by atoms with Gasteiger partial charge in [0, 0.05) is 37.1 Å². The monoisotopic (exact) mass is 320 g/mol. The van der Waals surface area contributed by atoms with Gasteiger partial charge in [-0.1, -0.05) is 19.1 Å². The van der Waals surface area contributed by atoms with E-state index in [0.717, 1.165) is 26.1 Å². The first-order chi connectivity index (χ1) is 10.5. The zero-order chi connectivity index (χ0) is 15.7. The molecule has 2 aromatic rings. The van der Waals surface area contributed by atoms with Gasteiger partial charge in [-0.15, -0.1) is 16.4 Å². The maximum Gasteiger partial charge on any atom is 0.270 e. The summed E-state index contributed by atoms with van der Waals surface area (Å²) in [6.07, 6.45) is 4.65. The van der Waals surface area contributed by atoms with Gasteiger partial charge in [0.25, 0.3) is 5.91 Å². The zero-order valence-electron chi connectivity index (χ0n) is 12.8. The lowest BCUT2D eigenvalue weighted by atomic mass is 10.1. The second-order valence-electron chi connectivity index (χ2n) is 6.11. The average Bonchev–Trinajstić information content (AvgIpc) is 3.01. The van der Waals surface area contributed by atoms with Crippen molar-refractivity contribution in [1.82, 2.24) is 24.9 Å². The molecule has 3 rings (SSSR count). The van der Waals surface area contributed by atoms with E-state index in [0.29, 0.717) is 5.92 Å². The summed E-state index contributed by atoms with van der Waals surface area (Å²) in [5.74, 6) is 0.101. The van der Waals surface area contributed by atoms with E-state index in [1.54, 1.807) is 22.2 Å². The van der Waals surface area contributed by atoms with Crippen LogP contribution in [0.4, 0.5) is 0 Å². The van der Waals surface area contributed by atoms with Crippen LogP contribution in [0, 0.1) is 5.92 Å². The van der Waals surface area contributed by atoms with Crippen molar-refractivity contribution >= 4 is 17.2 Å². The molecule has 1 fully saturated rings. The topological polar surface area (TPSA) is 89.9 Å². The second kappa shape index (κ2) is 6.13. The predicted octanol–water partition coefficient (Wildman–Crippen LogP) is 1.09. The summed E-state index contributed by atoms with van der Waals surface area (Å²) in [4.78, 5) is 19.1. The van der Waals surface area contributed by atoms with Crippen LogP contribution in [0.1, 0.15) is 40.3 Å². The van der Waals surface area contributed by atoms with Crippen molar-refractivity contribution in [1.29, 1.82) is 0 Å². The number of hydrogen-bond donors (Lipinski definition) is 1. The number of rotatable bonds is 6. The molecule has 0 spiro atoms. The Balaban J connectivity index is 1.50. The molecule has 1 saturated heterocycles. The van der Waals surface area contributed by atoms with Crippen molar-refractivity contribution in [2.24, 2.45) is 11.7 Å². The lowest BCUT2D eigenvalue weighted by Crippen LogP contribution is -2.47. The Hall–Kier alpha value is -1.80. The van der Waals surface area contributed by atoms with Crippen LogP contribution in [0.15, 0.2) is 12.4 Å². The highest BCUT2D eigenvalue weighted by molar-refractivity contribution is 7.11. The van der Waals surface area contributed by atoms with Gasteiger partial charge in [-0.2, -0.15) is 0 Å². The first-order valence-electron chi connectivity index (χ1n) is 7.39. The fraction of sp³-hybridized carbons (Fsp3) is 0.571. The highest BCUT2D eigenvalue weighted by atomic mass is 32.1. The van der Waals surface area contributed by atoms with E-state index < -0.39 is 5.91 Å². The largest absolute Gasteiger partial charge is 0.364 e. The smallest absolute Gasteiger partial charge is 0.270 e. The minimum absolute atomic E-state index is 0.222. The van der Waals surface area contributed by atoms with Gasteiger partial charge in [-0.05, 0) is 5.92 Å². The summed E-state index contributed by atoms with van der Waals surface area (Å²) in [7, 11) is 0. The molecule has 8 heteroatoms. The third kappa shape index (κ3) is 3.33. The number of aromatic nitrogens is 4. The molecule has 2 aromatic heterocycles. The number of nitrogens with two attached hydrogens (primary N) is 1. The molecular weight excluding hydrogens is 300 g/mol. The fourth-order valence-corrected chi connectivity index (χ4v) is 3.67. The van der Waals surface area contributed by atoms with E-state index in [-0.39, 0.29) is 11.7 Å². The van der Waals surface area contributed by atoms with Crippen LogP contribution in [0.3, 0.4) is 0 Å². The average molecular weight is 320 g/mol. The molecule has 0 bridgehead atoms. The number of primary amides is 1. The Morgan fingerprint density at radius 3 is 2.91 bits per heavy atom. The summed E-state index contributed by atoms with van der Waals surface area (Å²) < 4.78 is 1.73. The molecule has 1 amide bonds. The van der Waals surface area contributed by atoms with Gasteiger partial charge in [-0.25, -0.2) is 9.67 Å². The highest BCUT2D eigenvalue weighted by Crippen LogP contribution is 2.25. The Bertz CT molecular complexity index is 658. The number of thiazole rings is 1. The number of nitrogens with zero attached hydrogens (tertiary/aromatic N) is 5. The molecule has 1 aliphatic rings. The first-order valence-corrected chi connectivity index (χ1v) is 8.20. The third-order valence-corrected chi connectivity index (χ3v) is 4.64. The Morgan fingerprint density at radius 2 is 2.27 bits per heavy atom. The molecule has 1 aliphatic heterocycles. The lowest BCUT2D eigenvalue weighted by Gasteiger charge is -2.38. The molecule has 0 aliphatic carbocycles. The quantitative estimate of drug-likeness (QED) is 0.860. The van der Waals surface area contributed by atoms with E-state index in [1.807, 2.05) is 6.20 Å². The van der Waals surface area contributed by atoms with Crippen LogP contribution < -0.4 is 5.73 Å². The van der Waals surface area contributed by atoms with Gasteiger partial charge in [0.1, 0.15) is 0 Å². The molecule has 2 N–H and O–H groups in total. The summed E-state index contributed by atoms with van der Waals surface area (Å²) in [5.41, 5.74) is 5.40. The van der Waals surface area contributed by atoms with Gasteiger partial charge in [0.2, 0.25) is 0 Å².